The zero-order valence-corrected chi connectivity index (χ0v) is 15.4. The minimum atomic E-state index is -0.478. The minimum absolute atomic E-state index is 0.328. The molecule has 2 atom stereocenters. The second-order valence-electron chi connectivity index (χ2n) is 7.27. The summed E-state index contributed by atoms with van der Waals surface area (Å²) in [4.78, 5) is 15.7. The van der Waals surface area contributed by atoms with E-state index in [0.29, 0.717) is 36.8 Å². The minimum Gasteiger partial charge on any atom is -0.438 e. The van der Waals surface area contributed by atoms with Gasteiger partial charge in [0.25, 0.3) is 0 Å². The van der Waals surface area contributed by atoms with Gasteiger partial charge in [-0.2, -0.15) is 10.3 Å². The highest BCUT2D eigenvalue weighted by atomic mass is 19.1. The van der Waals surface area contributed by atoms with Gasteiger partial charge in [-0.3, -0.25) is 4.90 Å². The van der Waals surface area contributed by atoms with Gasteiger partial charge in [0, 0.05) is 24.7 Å². The number of nitriles is 1. The van der Waals surface area contributed by atoms with Crippen LogP contribution in [0.1, 0.15) is 19.3 Å². The zero-order chi connectivity index (χ0) is 19.5. The number of piperidine rings is 1. The summed E-state index contributed by atoms with van der Waals surface area (Å²) >= 11 is 0. The van der Waals surface area contributed by atoms with Gasteiger partial charge in [-0.25, -0.2) is 9.18 Å². The Labute approximate surface area is 162 Å². The summed E-state index contributed by atoms with van der Waals surface area (Å²) in [5.41, 5.74) is 1.03. The van der Waals surface area contributed by atoms with Crippen molar-refractivity contribution in [3.63, 3.8) is 0 Å². The molecule has 3 aliphatic heterocycles. The van der Waals surface area contributed by atoms with Crippen LogP contribution in [0.4, 0.5) is 20.6 Å². The lowest BCUT2D eigenvalue weighted by Crippen LogP contribution is -3.03. The molecule has 0 saturated carbocycles. The molecule has 1 N–H and O–H groups in total. The normalized spacial score (nSPS) is 24.6. The van der Waals surface area contributed by atoms with Crippen LogP contribution in [0.5, 0.6) is 0 Å². The van der Waals surface area contributed by atoms with Crippen LogP contribution in [0.15, 0.2) is 40.9 Å². The van der Waals surface area contributed by atoms with Gasteiger partial charge in [0.2, 0.25) is 0 Å². The van der Waals surface area contributed by atoms with E-state index in [1.807, 2.05) is 4.90 Å². The van der Waals surface area contributed by atoms with Crippen molar-refractivity contribution in [1.82, 2.24) is 0 Å². The average Bonchev–Trinajstić information content (AvgIpc) is 3.32. The Morgan fingerprint density at radius 1 is 1.36 bits per heavy atom. The number of hydrogen-bond donors (Lipinski definition) is 1. The number of cyclic esters (lactones) is 1. The molecule has 28 heavy (non-hydrogen) atoms. The lowest BCUT2D eigenvalue weighted by molar-refractivity contribution is -0.858. The van der Waals surface area contributed by atoms with Gasteiger partial charge in [-0.15, -0.1) is 5.11 Å². The molecule has 2 fully saturated rings. The largest absolute Gasteiger partial charge is 0.438 e. The Kier molecular flexibility index (Phi) is 5.21. The molecular formula is C19H22FN6O2+. The van der Waals surface area contributed by atoms with Gasteiger partial charge >= 0.3 is 6.09 Å². The molecule has 8 nitrogen and oxygen atoms in total. The summed E-state index contributed by atoms with van der Waals surface area (Å²) in [7, 11) is 0. The van der Waals surface area contributed by atoms with Gasteiger partial charge in [-0.05, 0) is 37.0 Å². The third-order valence-corrected chi connectivity index (χ3v) is 5.41. The Morgan fingerprint density at radius 2 is 2.18 bits per heavy atom. The van der Waals surface area contributed by atoms with E-state index < -0.39 is 6.09 Å². The number of carbonyl (C=O) groups excluding carboxylic acids is 1. The summed E-state index contributed by atoms with van der Waals surface area (Å²) in [6.07, 6.45) is 4.91. The van der Waals surface area contributed by atoms with Crippen LogP contribution >= 0.6 is 0 Å². The average molecular weight is 385 g/mol. The number of nitrogens with zero attached hydrogens (tertiary/aromatic N) is 5. The number of anilines is 2. The van der Waals surface area contributed by atoms with Crippen molar-refractivity contribution < 1.29 is 18.9 Å². The first kappa shape index (κ1) is 18.4. The lowest BCUT2D eigenvalue weighted by Gasteiger charge is -2.33. The van der Waals surface area contributed by atoms with Crippen LogP contribution in [-0.4, -0.2) is 38.4 Å². The molecule has 4 rings (SSSR count). The predicted octanol–water partition coefficient (Wildman–Crippen LogP) is 2.02. The molecule has 2 unspecified atom stereocenters. The van der Waals surface area contributed by atoms with Crippen LogP contribution in [0.3, 0.4) is 0 Å². The highest BCUT2D eigenvalue weighted by Gasteiger charge is 2.36. The van der Waals surface area contributed by atoms with Crippen molar-refractivity contribution >= 4 is 17.5 Å². The zero-order valence-electron chi connectivity index (χ0n) is 15.4. The molecule has 3 heterocycles. The quantitative estimate of drug-likeness (QED) is 0.840. The van der Waals surface area contributed by atoms with E-state index in [-0.39, 0.29) is 11.9 Å². The van der Waals surface area contributed by atoms with Crippen LogP contribution in [0.25, 0.3) is 0 Å². The number of carbonyl (C=O) groups is 1. The van der Waals surface area contributed by atoms with Crippen LogP contribution in [-0.2, 0) is 4.74 Å². The molecule has 0 radical (unpaired) electrons. The maximum atomic E-state index is 14.8. The summed E-state index contributed by atoms with van der Waals surface area (Å²) < 4.78 is 20.2. The molecule has 0 bridgehead atoms. The van der Waals surface area contributed by atoms with Gasteiger partial charge in [0.05, 0.1) is 24.0 Å². The highest BCUT2D eigenvalue weighted by molar-refractivity contribution is 5.90. The molecule has 1 aromatic carbocycles. The van der Waals surface area contributed by atoms with Crippen LogP contribution in [0, 0.1) is 23.1 Å². The molecule has 1 aromatic rings. The Hall–Kier alpha value is -2.99. The number of amides is 1. The smallest absolute Gasteiger partial charge is 0.414 e. The molecule has 0 aromatic heterocycles. The Bertz CT molecular complexity index is 831. The van der Waals surface area contributed by atoms with Gasteiger partial charge in [0.1, 0.15) is 24.8 Å². The van der Waals surface area contributed by atoms with Crippen LogP contribution in [0.2, 0.25) is 0 Å². The van der Waals surface area contributed by atoms with Crippen molar-refractivity contribution in [2.45, 2.75) is 25.4 Å². The van der Waals surface area contributed by atoms with Gasteiger partial charge in [-0.1, -0.05) is 0 Å². The third-order valence-electron chi connectivity index (χ3n) is 5.41. The Balaban J connectivity index is 1.40. The fourth-order valence-corrected chi connectivity index (χ4v) is 3.87. The summed E-state index contributed by atoms with van der Waals surface area (Å²) in [5, 5.41) is 17.3. The van der Waals surface area contributed by atoms with E-state index in [2.05, 4.69) is 16.4 Å². The van der Waals surface area contributed by atoms with Crippen molar-refractivity contribution in [1.29, 1.82) is 5.26 Å². The number of quaternary nitrogens is 1. The molecule has 1 amide bonds. The fourth-order valence-electron chi connectivity index (χ4n) is 3.87. The first-order valence-electron chi connectivity index (χ1n) is 9.47. The maximum absolute atomic E-state index is 14.8. The number of ether oxygens (including phenoxy) is 1. The molecule has 0 spiro atoms. The van der Waals surface area contributed by atoms with Crippen molar-refractivity contribution in [2.75, 3.05) is 36.0 Å². The van der Waals surface area contributed by atoms with Crippen molar-refractivity contribution in [3.05, 3.63) is 36.4 Å². The maximum Gasteiger partial charge on any atom is 0.414 e. The van der Waals surface area contributed by atoms with Gasteiger partial charge in [0.15, 0.2) is 6.10 Å². The van der Waals surface area contributed by atoms with Crippen molar-refractivity contribution in [2.24, 2.45) is 16.3 Å². The molecule has 0 aliphatic carbocycles. The number of nitrogens with one attached hydrogen (secondary N) is 1. The lowest BCUT2D eigenvalue weighted by atomic mass is 9.94. The second kappa shape index (κ2) is 7.94. The number of benzene rings is 1. The first-order valence-corrected chi connectivity index (χ1v) is 9.47. The second-order valence-corrected chi connectivity index (χ2v) is 7.27. The van der Waals surface area contributed by atoms with E-state index in [9.17, 15) is 9.18 Å². The standard InChI is InChI=1S/C19H21FN6O2/c20-17-11-15(1-2-18(17)24-8-4-14(3-6-21)5-9-24)26-13-16(28-19(26)27)12-25-10-7-22-23-25/h1-2,7,10-11,14,16H,3-5,8-9,12-13H2/p+1. The van der Waals surface area contributed by atoms with E-state index in [0.717, 1.165) is 30.9 Å². The fraction of sp³-hybridized carbons (Fsp3) is 0.474. The third kappa shape index (κ3) is 3.82. The van der Waals surface area contributed by atoms with E-state index in [1.54, 1.807) is 24.5 Å². The summed E-state index contributed by atoms with van der Waals surface area (Å²) in [5.74, 6) is 0.0430. The molecule has 2 saturated heterocycles. The summed E-state index contributed by atoms with van der Waals surface area (Å²) in [6.45, 7) is 2.30. The predicted molar refractivity (Wildman–Crippen MR) is 99.0 cm³/mol. The first-order chi connectivity index (χ1) is 13.6. The van der Waals surface area contributed by atoms with E-state index in [4.69, 9.17) is 10.00 Å². The molecular weight excluding hydrogens is 363 g/mol. The molecule has 146 valence electrons. The highest BCUT2D eigenvalue weighted by Crippen LogP contribution is 2.30. The number of hydrogen-bond acceptors (Lipinski definition) is 6. The van der Waals surface area contributed by atoms with Gasteiger partial charge < -0.3 is 9.64 Å². The Morgan fingerprint density at radius 3 is 2.86 bits per heavy atom. The monoisotopic (exact) mass is 385 g/mol. The molecule has 3 aliphatic rings. The topological polar surface area (TPSA) is 85.7 Å². The van der Waals surface area contributed by atoms with E-state index >= 15 is 0 Å². The van der Waals surface area contributed by atoms with Crippen LogP contribution < -0.4 is 14.8 Å². The van der Waals surface area contributed by atoms with Crippen molar-refractivity contribution in [3.8, 4) is 6.07 Å². The SMILES string of the molecule is N#CCC1CCN(c2ccc(N3CC(C[NH+]4C=CN=N4)OC3=O)cc2F)CC1. The van der Waals surface area contributed by atoms with E-state index in [1.165, 1.54) is 11.0 Å². The molecule has 9 heteroatoms. The summed E-state index contributed by atoms with van der Waals surface area (Å²) in [6, 6.07) is 7.08. The number of rotatable bonds is 5. The number of halogens is 1.